The van der Waals surface area contributed by atoms with Crippen molar-refractivity contribution in [2.75, 3.05) is 13.2 Å². The van der Waals surface area contributed by atoms with Crippen molar-refractivity contribution < 1.29 is 23.0 Å². The van der Waals surface area contributed by atoms with Crippen LogP contribution in [0.5, 0.6) is 0 Å². The van der Waals surface area contributed by atoms with E-state index in [-0.39, 0.29) is 12.0 Å². The first-order chi connectivity index (χ1) is 8.46. The van der Waals surface area contributed by atoms with Crippen molar-refractivity contribution in [3.05, 3.63) is 29.6 Å². The summed E-state index contributed by atoms with van der Waals surface area (Å²) in [5, 5.41) is 9.77. The minimum atomic E-state index is -4.47. The second-order valence-corrected chi connectivity index (χ2v) is 3.82. The van der Waals surface area contributed by atoms with Crippen LogP contribution in [0.4, 0.5) is 13.2 Å². The molecule has 0 amide bonds. The Bertz CT molecular complexity index is 369. The van der Waals surface area contributed by atoms with Crippen molar-refractivity contribution in [2.24, 2.45) is 0 Å². The summed E-state index contributed by atoms with van der Waals surface area (Å²) in [6, 6.07) is 0.876. The predicted octanol–water partition coefficient (Wildman–Crippen LogP) is 2.95. The van der Waals surface area contributed by atoms with Gasteiger partial charge >= 0.3 is 6.18 Å². The molecular formula is C12H16F3NO2. The van der Waals surface area contributed by atoms with Crippen LogP contribution in [-0.4, -0.2) is 23.3 Å². The van der Waals surface area contributed by atoms with Gasteiger partial charge in [-0.15, -0.1) is 0 Å². The Morgan fingerprint density at radius 3 is 2.78 bits per heavy atom. The molecule has 0 saturated heterocycles. The van der Waals surface area contributed by atoms with E-state index in [9.17, 15) is 18.3 Å². The van der Waals surface area contributed by atoms with Gasteiger partial charge in [0, 0.05) is 31.2 Å². The highest BCUT2D eigenvalue weighted by Crippen LogP contribution is 2.35. The molecule has 0 spiro atoms. The molecule has 1 aromatic rings. The highest BCUT2D eigenvalue weighted by Gasteiger charge is 2.34. The first-order valence-corrected chi connectivity index (χ1v) is 5.73. The molecule has 1 rings (SSSR count). The highest BCUT2D eigenvalue weighted by atomic mass is 19.4. The smallest absolute Gasteiger partial charge is 0.388 e. The van der Waals surface area contributed by atoms with Crippen molar-refractivity contribution >= 4 is 0 Å². The quantitative estimate of drug-likeness (QED) is 0.802. The van der Waals surface area contributed by atoms with Crippen LogP contribution in [-0.2, 0) is 10.9 Å². The number of ether oxygens (including phenoxy) is 1. The van der Waals surface area contributed by atoms with E-state index in [0.717, 1.165) is 18.5 Å². The van der Waals surface area contributed by atoms with Crippen LogP contribution in [0, 0.1) is 0 Å². The third-order valence-electron chi connectivity index (χ3n) is 2.49. The Labute approximate surface area is 104 Å². The highest BCUT2D eigenvalue weighted by molar-refractivity contribution is 5.28. The van der Waals surface area contributed by atoms with Gasteiger partial charge in [-0.25, -0.2) is 0 Å². The van der Waals surface area contributed by atoms with Crippen LogP contribution in [0.25, 0.3) is 0 Å². The molecule has 1 unspecified atom stereocenters. The van der Waals surface area contributed by atoms with Gasteiger partial charge in [0.15, 0.2) is 0 Å². The Morgan fingerprint density at radius 2 is 2.17 bits per heavy atom. The van der Waals surface area contributed by atoms with Gasteiger partial charge < -0.3 is 9.84 Å². The molecule has 3 nitrogen and oxygen atoms in total. The van der Waals surface area contributed by atoms with Gasteiger partial charge in [0.1, 0.15) is 0 Å². The van der Waals surface area contributed by atoms with E-state index in [1.807, 2.05) is 6.92 Å². The molecule has 6 heteroatoms. The Morgan fingerprint density at radius 1 is 1.44 bits per heavy atom. The molecule has 0 saturated carbocycles. The number of aliphatic hydroxyl groups is 1. The third kappa shape index (κ3) is 4.27. The lowest BCUT2D eigenvalue weighted by Gasteiger charge is -2.16. The third-order valence-corrected chi connectivity index (χ3v) is 2.49. The summed E-state index contributed by atoms with van der Waals surface area (Å²) in [4.78, 5) is 3.63. The number of aliphatic hydroxyl groups excluding tert-OH is 1. The van der Waals surface area contributed by atoms with Crippen LogP contribution in [0.1, 0.15) is 37.0 Å². The fraction of sp³-hybridized carbons (Fsp3) is 0.583. The summed E-state index contributed by atoms with van der Waals surface area (Å²) < 4.78 is 43.1. The number of aromatic nitrogens is 1. The van der Waals surface area contributed by atoms with Crippen molar-refractivity contribution in [3.8, 4) is 0 Å². The maximum atomic E-state index is 12.7. The first kappa shape index (κ1) is 14.9. The summed E-state index contributed by atoms with van der Waals surface area (Å²) in [7, 11) is 0. The lowest BCUT2D eigenvalue weighted by atomic mass is 10.0. The summed E-state index contributed by atoms with van der Waals surface area (Å²) in [6.45, 7) is 2.81. The number of alkyl halides is 3. The number of nitrogens with zero attached hydrogens (tertiary/aromatic N) is 1. The van der Waals surface area contributed by atoms with E-state index in [1.54, 1.807) is 0 Å². The molecule has 1 N–H and O–H groups in total. The van der Waals surface area contributed by atoms with E-state index in [4.69, 9.17) is 4.74 Å². The van der Waals surface area contributed by atoms with Crippen LogP contribution >= 0.6 is 0 Å². The minimum Gasteiger partial charge on any atom is -0.388 e. The first-order valence-electron chi connectivity index (χ1n) is 5.73. The molecule has 0 aliphatic carbocycles. The number of hydrogen-bond donors (Lipinski definition) is 1. The lowest BCUT2D eigenvalue weighted by Crippen LogP contribution is -2.13. The molecular weight excluding hydrogens is 247 g/mol. The van der Waals surface area contributed by atoms with Gasteiger partial charge in [0.2, 0.25) is 0 Å². The van der Waals surface area contributed by atoms with E-state index < -0.39 is 17.8 Å². The summed E-state index contributed by atoms with van der Waals surface area (Å²) in [6.07, 6.45) is -2.79. The van der Waals surface area contributed by atoms with Gasteiger partial charge in [-0.3, -0.25) is 4.98 Å². The standard InChI is InChI=1S/C12H16F3NO2/c1-2-18-7-3-4-11(17)9-8-16-6-5-10(9)12(13,14)15/h5-6,8,11,17H,2-4,7H2,1H3. The monoisotopic (exact) mass is 263 g/mol. The largest absolute Gasteiger partial charge is 0.416 e. The summed E-state index contributed by atoms with van der Waals surface area (Å²) in [5.74, 6) is 0. The van der Waals surface area contributed by atoms with Gasteiger partial charge in [0.05, 0.1) is 11.7 Å². The van der Waals surface area contributed by atoms with Gasteiger partial charge in [0.25, 0.3) is 0 Å². The summed E-state index contributed by atoms with van der Waals surface area (Å²) in [5.41, 5.74) is -1.01. The van der Waals surface area contributed by atoms with Crippen LogP contribution in [0.2, 0.25) is 0 Å². The normalized spacial score (nSPS) is 13.6. The zero-order valence-electron chi connectivity index (χ0n) is 10.1. The van der Waals surface area contributed by atoms with E-state index in [2.05, 4.69) is 4.98 Å². The predicted molar refractivity (Wildman–Crippen MR) is 59.9 cm³/mol. The molecule has 0 fully saturated rings. The fourth-order valence-corrected chi connectivity index (χ4v) is 1.61. The second kappa shape index (κ2) is 6.70. The Kier molecular flexibility index (Phi) is 5.55. The number of pyridine rings is 1. The molecule has 0 radical (unpaired) electrons. The van der Waals surface area contributed by atoms with Crippen LogP contribution in [0.15, 0.2) is 18.5 Å². The van der Waals surface area contributed by atoms with E-state index >= 15 is 0 Å². The molecule has 0 aliphatic rings. The Balaban J connectivity index is 2.70. The van der Waals surface area contributed by atoms with Crippen molar-refractivity contribution in [2.45, 2.75) is 32.0 Å². The molecule has 0 aromatic carbocycles. The molecule has 0 aliphatic heterocycles. The maximum Gasteiger partial charge on any atom is 0.416 e. The van der Waals surface area contributed by atoms with Crippen molar-refractivity contribution in [1.29, 1.82) is 0 Å². The number of hydrogen-bond acceptors (Lipinski definition) is 3. The van der Waals surface area contributed by atoms with Crippen LogP contribution < -0.4 is 0 Å². The second-order valence-electron chi connectivity index (χ2n) is 3.82. The average Bonchev–Trinajstić information content (AvgIpc) is 2.33. The van der Waals surface area contributed by atoms with Gasteiger partial charge in [-0.2, -0.15) is 13.2 Å². The van der Waals surface area contributed by atoms with Crippen molar-refractivity contribution in [1.82, 2.24) is 4.98 Å². The molecule has 1 aromatic heterocycles. The van der Waals surface area contributed by atoms with Crippen molar-refractivity contribution in [3.63, 3.8) is 0 Å². The van der Waals surface area contributed by atoms with Gasteiger partial charge in [-0.05, 0) is 25.8 Å². The van der Waals surface area contributed by atoms with Crippen LogP contribution in [0.3, 0.4) is 0 Å². The molecule has 1 atom stereocenters. The maximum absolute atomic E-state index is 12.7. The molecule has 1 heterocycles. The van der Waals surface area contributed by atoms with Gasteiger partial charge in [-0.1, -0.05) is 0 Å². The zero-order valence-corrected chi connectivity index (χ0v) is 10.1. The molecule has 102 valence electrons. The zero-order chi connectivity index (χ0) is 13.6. The van der Waals surface area contributed by atoms with E-state index in [1.165, 1.54) is 0 Å². The topological polar surface area (TPSA) is 42.4 Å². The number of rotatable bonds is 6. The Hall–Kier alpha value is -1.14. The minimum absolute atomic E-state index is 0.179. The molecule has 0 bridgehead atoms. The average molecular weight is 263 g/mol. The summed E-state index contributed by atoms with van der Waals surface area (Å²) >= 11 is 0. The lowest BCUT2D eigenvalue weighted by molar-refractivity contribution is -0.139. The number of halogens is 3. The fourth-order valence-electron chi connectivity index (χ4n) is 1.61. The molecule has 18 heavy (non-hydrogen) atoms. The SMILES string of the molecule is CCOCCCC(O)c1cnccc1C(F)(F)F. The van der Waals surface area contributed by atoms with E-state index in [0.29, 0.717) is 19.6 Å².